The van der Waals surface area contributed by atoms with Crippen LogP contribution in [0.2, 0.25) is 0 Å². The standard InChI is InChI=1S/C29H33N3O6S/c1-17(29-11-18-7-19(12-29)9-20(8-18)13-29)31-25(33)14-36-28(35)22-3-2-6-30-27(22)39-15-26(34)32-21-4-5-23-24(10-21)38-16-37-23/h2-6,10,17-20H,7-9,11-16H2,1H3,(H,31,33)(H,32,34). The third-order valence-electron chi connectivity index (χ3n) is 8.70. The smallest absolute Gasteiger partial charge is 0.341 e. The number of rotatable bonds is 9. The molecule has 2 N–H and O–H groups in total. The number of amides is 2. The average molecular weight is 552 g/mol. The first-order chi connectivity index (χ1) is 18.9. The number of thioether (sulfide) groups is 1. The molecule has 39 heavy (non-hydrogen) atoms. The molecule has 4 saturated carbocycles. The maximum absolute atomic E-state index is 12.8. The molecule has 1 aromatic carbocycles. The molecule has 1 atom stereocenters. The van der Waals surface area contributed by atoms with Crippen LogP contribution in [-0.2, 0) is 14.3 Å². The van der Waals surface area contributed by atoms with Gasteiger partial charge in [0.1, 0.15) is 5.03 Å². The minimum atomic E-state index is -0.639. The Morgan fingerprint density at radius 1 is 1.05 bits per heavy atom. The van der Waals surface area contributed by atoms with E-state index in [4.69, 9.17) is 14.2 Å². The van der Waals surface area contributed by atoms with Crippen LogP contribution < -0.4 is 20.1 Å². The van der Waals surface area contributed by atoms with Gasteiger partial charge < -0.3 is 24.8 Å². The molecule has 2 amide bonds. The zero-order valence-corrected chi connectivity index (χ0v) is 22.8. The lowest BCUT2D eigenvalue weighted by Gasteiger charge is -2.59. The van der Waals surface area contributed by atoms with Gasteiger partial charge in [-0.3, -0.25) is 9.59 Å². The summed E-state index contributed by atoms with van der Waals surface area (Å²) in [5, 5.41) is 6.30. The molecule has 2 aromatic rings. The molecule has 0 saturated heterocycles. The van der Waals surface area contributed by atoms with Crippen LogP contribution in [0.4, 0.5) is 5.69 Å². The first-order valence-electron chi connectivity index (χ1n) is 13.6. The Labute approximate surface area is 231 Å². The average Bonchev–Trinajstić information content (AvgIpc) is 3.38. The highest BCUT2D eigenvalue weighted by Gasteiger charge is 2.53. The van der Waals surface area contributed by atoms with Crippen LogP contribution in [-0.4, -0.2) is 48.0 Å². The lowest BCUT2D eigenvalue weighted by Crippen LogP contribution is -2.56. The van der Waals surface area contributed by atoms with E-state index in [-0.39, 0.29) is 48.0 Å². The van der Waals surface area contributed by atoms with E-state index >= 15 is 0 Å². The summed E-state index contributed by atoms with van der Waals surface area (Å²) in [7, 11) is 0. The lowest BCUT2D eigenvalue weighted by atomic mass is 9.48. The number of fused-ring (bicyclic) bond motifs is 1. The number of nitrogens with one attached hydrogen (secondary N) is 2. The Balaban J connectivity index is 0.996. The van der Waals surface area contributed by atoms with Crippen molar-refractivity contribution in [3.05, 3.63) is 42.1 Å². The van der Waals surface area contributed by atoms with Gasteiger partial charge in [0, 0.05) is 24.0 Å². The summed E-state index contributed by atoms with van der Waals surface area (Å²) >= 11 is 1.12. The van der Waals surface area contributed by atoms with Crippen molar-refractivity contribution < 1.29 is 28.6 Å². The number of esters is 1. The fraction of sp³-hybridized carbons (Fsp3) is 0.517. The summed E-state index contributed by atoms with van der Waals surface area (Å²) in [6.07, 6.45) is 9.18. The molecular weight excluding hydrogens is 518 g/mol. The first-order valence-corrected chi connectivity index (χ1v) is 14.6. The fourth-order valence-electron chi connectivity index (χ4n) is 7.32. The van der Waals surface area contributed by atoms with Crippen molar-refractivity contribution in [2.75, 3.05) is 24.5 Å². The second kappa shape index (κ2) is 10.7. The maximum atomic E-state index is 12.8. The molecule has 10 heteroatoms. The van der Waals surface area contributed by atoms with Crippen molar-refractivity contribution in [1.29, 1.82) is 0 Å². The molecule has 9 nitrogen and oxygen atoms in total. The largest absolute Gasteiger partial charge is 0.454 e. The Kier molecular flexibility index (Phi) is 7.14. The fourth-order valence-corrected chi connectivity index (χ4v) is 8.10. The highest BCUT2D eigenvalue weighted by atomic mass is 32.2. The number of ether oxygens (including phenoxy) is 3. The Morgan fingerprint density at radius 3 is 2.51 bits per heavy atom. The van der Waals surface area contributed by atoms with Gasteiger partial charge in [-0.25, -0.2) is 9.78 Å². The highest BCUT2D eigenvalue weighted by Crippen LogP contribution is 2.61. The van der Waals surface area contributed by atoms with Crippen LogP contribution in [0.15, 0.2) is 41.6 Å². The van der Waals surface area contributed by atoms with E-state index in [0.29, 0.717) is 22.2 Å². The van der Waals surface area contributed by atoms with Crippen molar-refractivity contribution >= 4 is 35.2 Å². The van der Waals surface area contributed by atoms with E-state index in [2.05, 4.69) is 22.5 Å². The molecule has 7 rings (SSSR count). The number of anilines is 1. The summed E-state index contributed by atoms with van der Waals surface area (Å²) in [4.78, 5) is 42.4. The van der Waals surface area contributed by atoms with Crippen LogP contribution in [0, 0.1) is 23.2 Å². The summed E-state index contributed by atoms with van der Waals surface area (Å²) < 4.78 is 16.0. The predicted octanol–water partition coefficient (Wildman–Crippen LogP) is 4.42. The van der Waals surface area contributed by atoms with E-state index in [0.717, 1.165) is 29.5 Å². The summed E-state index contributed by atoms with van der Waals surface area (Å²) in [6, 6.07) is 8.44. The van der Waals surface area contributed by atoms with E-state index in [1.165, 1.54) is 38.5 Å². The zero-order valence-electron chi connectivity index (χ0n) is 21.9. The third kappa shape index (κ3) is 5.57. The molecule has 5 aliphatic rings. The Bertz CT molecular complexity index is 1250. The normalized spacial score (nSPS) is 26.6. The zero-order chi connectivity index (χ0) is 27.0. The quantitative estimate of drug-likeness (QED) is 0.348. The van der Waals surface area contributed by atoms with Crippen LogP contribution >= 0.6 is 11.8 Å². The Hall–Kier alpha value is -3.27. The van der Waals surface area contributed by atoms with E-state index in [9.17, 15) is 14.4 Å². The van der Waals surface area contributed by atoms with Crippen LogP contribution in [0.25, 0.3) is 0 Å². The second-order valence-corrected chi connectivity index (χ2v) is 12.4. The molecule has 1 aromatic heterocycles. The van der Waals surface area contributed by atoms with Gasteiger partial charge in [-0.1, -0.05) is 11.8 Å². The van der Waals surface area contributed by atoms with Gasteiger partial charge in [0.25, 0.3) is 5.91 Å². The van der Waals surface area contributed by atoms with Crippen molar-refractivity contribution in [2.45, 2.75) is 56.5 Å². The van der Waals surface area contributed by atoms with Crippen molar-refractivity contribution in [1.82, 2.24) is 10.3 Å². The van der Waals surface area contributed by atoms with Gasteiger partial charge in [-0.15, -0.1) is 0 Å². The van der Waals surface area contributed by atoms with Gasteiger partial charge in [0.05, 0.1) is 11.3 Å². The van der Waals surface area contributed by atoms with E-state index < -0.39 is 5.97 Å². The molecular formula is C29H33N3O6S. The van der Waals surface area contributed by atoms with Gasteiger partial charge in [-0.2, -0.15) is 0 Å². The molecule has 1 aliphatic heterocycles. The minimum absolute atomic E-state index is 0.0365. The molecule has 1 unspecified atom stereocenters. The van der Waals surface area contributed by atoms with Gasteiger partial charge in [0.15, 0.2) is 18.1 Å². The van der Waals surface area contributed by atoms with Crippen molar-refractivity contribution in [3.63, 3.8) is 0 Å². The Morgan fingerprint density at radius 2 is 1.77 bits per heavy atom. The van der Waals surface area contributed by atoms with Crippen molar-refractivity contribution in [2.24, 2.45) is 23.2 Å². The van der Waals surface area contributed by atoms with Gasteiger partial charge >= 0.3 is 5.97 Å². The van der Waals surface area contributed by atoms with E-state index in [1.807, 2.05) is 0 Å². The van der Waals surface area contributed by atoms with Gasteiger partial charge in [0.2, 0.25) is 12.7 Å². The van der Waals surface area contributed by atoms with Crippen LogP contribution in [0.3, 0.4) is 0 Å². The summed E-state index contributed by atoms with van der Waals surface area (Å²) in [6.45, 7) is 1.92. The maximum Gasteiger partial charge on any atom is 0.341 e. The van der Waals surface area contributed by atoms with Crippen molar-refractivity contribution in [3.8, 4) is 11.5 Å². The van der Waals surface area contributed by atoms with Gasteiger partial charge in [-0.05, 0) is 92.9 Å². The van der Waals surface area contributed by atoms with Crippen LogP contribution in [0.5, 0.6) is 11.5 Å². The number of hydrogen-bond acceptors (Lipinski definition) is 8. The number of hydrogen-bond donors (Lipinski definition) is 2. The number of carbonyl (C=O) groups is 3. The van der Waals surface area contributed by atoms with E-state index in [1.54, 1.807) is 36.5 Å². The molecule has 0 radical (unpaired) electrons. The highest BCUT2D eigenvalue weighted by molar-refractivity contribution is 8.00. The first kappa shape index (κ1) is 26.0. The molecule has 2 heterocycles. The lowest BCUT2D eigenvalue weighted by molar-refractivity contribution is -0.128. The predicted molar refractivity (Wildman–Crippen MR) is 145 cm³/mol. The molecule has 4 aliphatic carbocycles. The molecule has 4 fully saturated rings. The van der Waals surface area contributed by atoms with Crippen LogP contribution in [0.1, 0.15) is 55.8 Å². The molecule has 4 bridgehead atoms. The number of carbonyl (C=O) groups excluding carboxylic acids is 3. The SMILES string of the molecule is CC(NC(=O)COC(=O)c1cccnc1SCC(=O)Nc1ccc2c(c1)OCO2)C12CC3CC(CC(C3)C1)C2. The third-order valence-corrected chi connectivity index (χ3v) is 9.71. The monoisotopic (exact) mass is 551 g/mol. The number of pyridine rings is 1. The second-order valence-electron chi connectivity index (χ2n) is 11.4. The number of nitrogens with zero attached hydrogens (tertiary/aromatic N) is 1. The topological polar surface area (TPSA) is 116 Å². The summed E-state index contributed by atoms with van der Waals surface area (Å²) in [5.41, 5.74) is 0.988. The summed E-state index contributed by atoms with van der Waals surface area (Å²) in [5.74, 6) is 2.46. The molecule has 0 spiro atoms. The molecule has 206 valence electrons. The number of benzene rings is 1. The minimum Gasteiger partial charge on any atom is -0.454 e. The number of aromatic nitrogens is 1.